The minimum Gasteiger partial charge on any atom is -0.481 e. The first kappa shape index (κ1) is 23.8. The monoisotopic (exact) mass is 466 g/mol. The van der Waals surface area contributed by atoms with E-state index < -0.39 is 18.2 Å². The molecule has 0 spiro atoms. The Bertz CT molecular complexity index is 1010. The topological polar surface area (TPSA) is 114 Å². The summed E-state index contributed by atoms with van der Waals surface area (Å²) in [6.07, 6.45) is -0.570. The van der Waals surface area contributed by atoms with Crippen molar-refractivity contribution in [1.82, 2.24) is 10.6 Å². The number of benzene rings is 2. The van der Waals surface area contributed by atoms with Crippen LogP contribution in [0, 0.1) is 11.8 Å². The Morgan fingerprint density at radius 2 is 1.71 bits per heavy atom. The number of carbonyl (C=O) groups excluding carboxylic acids is 2. The van der Waals surface area contributed by atoms with E-state index in [-0.39, 0.29) is 49.8 Å². The van der Waals surface area contributed by atoms with E-state index in [4.69, 9.17) is 14.6 Å². The van der Waals surface area contributed by atoms with Gasteiger partial charge < -0.3 is 25.2 Å². The normalized spacial score (nSPS) is 19.7. The fourth-order valence-corrected chi connectivity index (χ4v) is 4.74. The Morgan fingerprint density at radius 1 is 1.06 bits per heavy atom. The number of ether oxygens (including phenoxy) is 2. The average Bonchev–Trinajstić information content (AvgIpc) is 3.42. The zero-order valence-electron chi connectivity index (χ0n) is 19.2. The Kier molecular flexibility index (Phi) is 7.47. The lowest BCUT2D eigenvalue weighted by Gasteiger charge is -2.20. The van der Waals surface area contributed by atoms with Crippen LogP contribution in [-0.2, 0) is 19.1 Å². The Labute approximate surface area is 198 Å². The predicted octanol–water partition coefficient (Wildman–Crippen LogP) is 3.16. The standard InChI is InChI=1S/C26H30N2O6/c1-16(12-23(29)30)13-27-25(31)24-17(10-11-33-24)14-28-26(32)34-15-22-20-8-4-2-6-18(20)19-7-3-5-9-21(19)22/h2-9,16-17,22,24H,10-15H2,1H3,(H,27,31)(H,28,32)(H,29,30)/t16?,17-,24-/m0/s1. The van der Waals surface area contributed by atoms with Crippen molar-refractivity contribution in [3.8, 4) is 11.1 Å². The van der Waals surface area contributed by atoms with Crippen molar-refractivity contribution in [3.63, 3.8) is 0 Å². The first-order chi connectivity index (χ1) is 16.4. The van der Waals surface area contributed by atoms with Gasteiger partial charge in [-0.15, -0.1) is 0 Å². The van der Waals surface area contributed by atoms with Crippen molar-refractivity contribution < 1.29 is 29.0 Å². The molecule has 34 heavy (non-hydrogen) atoms. The van der Waals surface area contributed by atoms with Crippen molar-refractivity contribution in [2.45, 2.75) is 31.8 Å². The summed E-state index contributed by atoms with van der Waals surface area (Å²) in [5.74, 6) is -1.55. The number of rotatable bonds is 9. The summed E-state index contributed by atoms with van der Waals surface area (Å²) in [6, 6.07) is 16.3. The highest BCUT2D eigenvalue weighted by Crippen LogP contribution is 2.44. The van der Waals surface area contributed by atoms with Crippen LogP contribution in [0.15, 0.2) is 48.5 Å². The van der Waals surface area contributed by atoms with Gasteiger partial charge in [0, 0.05) is 38.0 Å². The lowest BCUT2D eigenvalue weighted by molar-refractivity contribution is -0.138. The third-order valence-corrected chi connectivity index (χ3v) is 6.47. The molecule has 0 bridgehead atoms. The summed E-state index contributed by atoms with van der Waals surface area (Å²) in [6.45, 7) is 2.95. The maximum Gasteiger partial charge on any atom is 0.407 e. The molecule has 1 heterocycles. The largest absolute Gasteiger partial charge is 0.481 e. The quantitative estimate of drug-likeness (QED) is 0.523. The molecule has 2 aromatic rings. The molecule has 0 aromatic heterocycles. The molecular weight excluding hydrogens is 436 g/mol. The van der Waals surface area contributed by atoms with Crippen molar-refractivity contribution in [1.29, 1.82) is 0 Å². The molecule has 1 saturated heterocycles. The van der Waals surface area contributed by atoms with Crippen LogP contribution in [0.25, 0.3) is 11.1 Å². The van der Waals surface area contributed by atoms with Gasteiger partial charge >= 0.3 is 12.1 Å². The van der Waals surface area contributed by atoms with Gasteiger partial charge in [0.15, 0.2) is 0 Å². The fraction of sp³-hybridized carbons (Fsp3) is 0.423. The van der Waals surface area contributed by atoms with Gasteiger partial charge in [0.25, 0.3) is 0 Å². The summed E-state index contributed by atoms with van der Waals surface area (Å²) in [5, 5.41) is 14.4. The average molecular weight is 467 g/mol. The van der Waals surface area contributed by atoms with E-state index in [9.17, 15) is 14.4 Å². The van der Waals surface area contributed by atoms with Crippen LogP contribution in [-0.4, -0.2) is 55.5 Å². The fourth-order valence-electron chi connectivity index (χ4n) is 4.74. The molecule has 8 heteroatoms. The van der Waals surface area contributed by atoms with Gasteiger partial charge in [-0.2, -0.15) is 0 Å². The Morgan fingerprint density at radius 3 is 2.35 bits per heavy atom. The van der Waals surface area contributed by atoms with E-state index in [0.717, 1.165) is 11.1 Å². The zero-order chi connectivity index (χ0) is 24.1. The first-order valence-corrected chi connectivity index (χ1v) is 11.6. The van der Waals surface area contributed by atoms with Gasteiger partial charge in [-0.05, 0) is 34.6 Å². The third-order valence-electron chi connectivity index (χ3n) is 6.47. The SMILES string of the molecule is CC(CNC(=O)[C@H]1OCC[C@H]1CNC(=O)OCC1c2ccccc2-c2ccccc21)CC(=O)O. The van der Waals surface area contributed by atoms with E-state index in [1.807, 2.05) is 24.3 Å². The molecule has 1 aliphatic carbocycles. The molecule has 4 rings (SSSR count). The highest BCUT2D eigenvalue weighted by atomic mass is 16.5. The molecule has 3 atom stereocenters. The summed E-state index contributed by atoms with van der Waals surface area (Å²) in [7, 11) is 0. The van der Waals surface area contributed by atoms with E-state index in [0.29, 0.717) is 13.0 Å². The summed E-state index contributed by atoms with van der Waals surface area (Å²) in [5.41, 5.74) is 4.63. The Balaban J connectivity index is 1.26. The molecular formula is C26H30N2O6. The number of aliphatic carboxylic acids is 1. The van der Waals surface area contributed by atoms with Crippen LogP contribution in [0.2, 0.25) is 0 Å². The lowest BCUT2D eigenvalue weighted by Crippen LogP contribution is -2.43. The van der Waals surface area contributed by atoms with Crippen molar-refractivity contribution in [3.05, 3.63) is 59.7 Å². The maximum absolute atomic E-state index is 12.5. The number of carboxylic acid groups (broad SMARTS) is 1. The van der Waals surface area contributed by atoms with E-state index in [2.05, 4.69) is 34.9 Å². The van der Waals surface area contributed by atoms with E-state index in [1.54, 1.807) is 6.92 Å². The molecule has 1 unspecified atom stereocenters. The van der Waals surface area contributed by atoms with Crippen LogP contribution in [0.3, 0.4) is 0 Å². The minimum absolute atomic E-state index is 0.0146. The summed E-state index contributed by atoms with van der Waals surface area (Å²) >= 11 is 0. The first-order valence-electron chi connectivity index (χ1n) is 11.6. The number of carbonyl (C=O) groups is 3. The molecule has 3 N–H and O–H groups in total. The van der Waals surface area contributed by atoms with Gasteiger partial charge in [-0.3, -0.25) is 9.59 Å². The van der Waals surface area contributed by atoms with Crippen molar-refractivity contribution >= 4 is 18.0 Å². The second kappa shape index (κ2) is 10.7. The van der Waals surface area contributed by atoms with Gasteiger partial charge in [0.2, 0.25) is 5.91 Å². The van der Waals surface area contributed by atoms with Crippen LogP contribution in [0.1, 0.15) is 36.8 Å². The smallest absolute Gasteiger partial charge is 0.407 e. The molecule has 180 valence electrons. The molecule has 0 radical (unpaired) electrons. The second-order valence-corrected chi connectivity index (χ2v) is 8.99. The number of hydrogen-bond donors (Lipinski definition) is 3. The van der Waals surface area contributed by atoms with Crippen LogP contribution < -0.4 is 10.6 Å². The number of fused-ring (bicyclic) bond motifs is 3. The third kappa shape index (κ3) is 5.39. The summed E-state index contributed by atoms with van der Waals surface area (Å²) < 4.78 is 11.1. The van der Waals surface area contributed by atoms with Crippen LogP contribution >= 0.6 is 0 Å². The van der Waals surface area contributed by atoms with Crippen LogP contribution in [0.4, 0.5) is 4.79 Å². The van der Waals surface area contributed by atoms with Gasteiger partial charge in [-0.25, -0.2) is 4.79 Å². The predicted molar refractivity (Wildman–Crippen MR) is 125 cm³/mol. The highest BCUT2D eigenvalue weighted by molar-refractivity contribution is 5.82. The highest BCUT2D eigenvalue weighted by Gasteiger charge is 2.35. The van der Waals surface area contributed by atoms with Crippen molar-refractivity contribution in [2.75, 3.05) is 26.3 Å². The molecule has 1 fully saturated rings. The number of amides is 2. The Hall–Kier alpha value is -3.39. The van der Waals surface area contributed by atoms with E-state index in [1.165, 1.54) is 11.1 Å². The van der Waals surface area contributed by atoms with Gasteiger partial charge in [0.05, 0.1) is 0 Å². The number of nitrogens with one attached hydrogen (secondary N) is 2. The number of alkyl carbamates (subject to hydrolysis) is 1. The molecule has 2 aromatic carbocycles. The lowest BCUT2D eigenvalue weighted by atomic mass is 9.98. The zero-order valence-corrected chi connectivity index (χ0v) is 19.2. The van der Waals surface area contributed by atoms with E-state index >= 15 is 0 Å². The van der Waals surface area contributed by atoms with Gasteiger partial charge in [0.1, 0.15) is 12.7 Å². The van der Waals surface area contributed by atoms with Crippen molar-refractivity contribution in [2.24, 2.45) is 11.8 Å². The molecule has 2 amide bonds. The molecule has 8 nitrogen and oxygen atoms in total. The minimum atomic E-state index is -0.899. The second-order valence-electron chi connectivity index (χ2n) is 8.99. The maximum atomic E-state index is 12.5. The molecule has 2 aliphatic rings. The molecule has 1 aliphatic heterocycles. The molecule has 0 saturated carbocycles. The van der Waals surface area contributed by atoms with Crippen LogP contribution in [0.5, 0.6) is 0 Å². The number of hydrogen-bond acceptors (Lipinski definition) is 5. The number of carboxylic acids is 1. The summed E-state index contributed by atoms with van der Waals surface area (Å²) in [4.78, 5) is 35.7. The van der Waals surface area contributed by atoms with Gasteiger partial charge in [-0.1, -0.05) is 55.5 Å².